The predicted octanol–water partition coefficient (Wildman–Crippen LogP) is 3.70. The monoisotopic (exact) mass is 314 g/mol. The van der Waals surface area contributed by atoms with Crippen molar-refractivity contribution in [2.75, 3.05) is 0 Å². The predicted molar refractivity (Wildman–Crippen MR) is 91.5 cm³/mol. The maximum atomic E-state index is 9.77. The van der Waals surface area contributed by atoms with Gasteiger partial charge in [0, 0.05) is 23.0 Å². The average Bonchev–Trinajstić information content (AvgIpc) is 3.16. The Morgan fingerprint density at radius 3 is 2.46 bits per heavy atom. The zero-order valence-corrected chi connectivity index (χ0v) is 13.0. The second-order valence-corrected chi connectivity index (χ2v) is 5.56. The zero-order valence-electron chi connectivity index (χ0n) is 13.0. The van der Waals surface area contributed by atoms with Crippen molar-refractivity contribution >= 4 is 10.9 Å². The van der Waals surface area contributed by atoms with Crippen molar-refractivity contribution in [1.82, 2.24) is 14.3 Å². The van der Waals surface area contributed by atoms with Gasteiger partial charge < -0.3 is 5.11 Å². The fraction of sp³-hybridized carbons (Fsp3) is 0.0526. The number of aryl methyl sites for hydroxylation is 1. The first kappa shape index (κ1) is 14.1. The molecule has 4 rings (SSSR count). The summed E-state index contributed by atoms with van der Waals surface area (Å²) >= 11 is 0. The number of phenolic OH excluding ortho intramolecular Hbond substituents is 1. The van der Waals surface area contributed by atoms with Gasteiger partial charge in [-0.2, -0.15) is 10.4 Å². The molecular formula is C19H14N4O. The molecule has 5 nitrogen and oxygen atoms in total. The van der Waals surface area contributed by atoms with Crippen LogP contribution in [-0.2, 0) is 0 Å². The molecule has 0 aliphatic rings. The van der Waals surface area contributed by atoms with Gasteiger partial charge in [0.15, 0.2) is 5.82 Å². The van der Waals surface area contributed by atoms with E-state index in [4.69, 9.17) is 0 Å². The lowest BCUT2D eigenvalue weighted by Crippen LogP contribution is -2.08. The minimum absolute atomic E-state index is 0.201. The van der Waals surface area contributed by atoms with E-state index in [2.05, 4.69) is 11.2 Å². The first-order chi connectivity index (χ1) is 11.7. The number of nitriles is 1. The molecule has 2 aromatic heterocycles. The van der Waals surface area contributed by atoms with Gasteiger partial charge in [0.05, 0.1) is 5.52 Å². The lowest BCUT2D eigenvalue weighted by atomic mass is 10.2. The van der Waals surface area contributed by atoms with Crippen LogP contribution < -0.4 is 0 Å². The Morgan fingerprint density at radius 1 is 1.04 bits per heavy atom. The van der Waals surface area contributed by atoms with E-state index in [1.807, 2.05) is 54.0 Å². The summed E-state index contributed by atoms with van der Waals surface area (Å²) in [5.41, 5.74) is 3.29. The van der Waals surface area contributed by atoms with E-state index in [1.54, 1.807) is 23.0 Å². The van der Waals surface area contributed by atoms with Crippen molar-refractivity contribution in [2.45, 2.75) is 6.92 Å². The highest BCUT2D eigenvalue weighted by Gasteiger charge is 2.21. The summed E-state index contributed by atoms with van der Waals surface area (Å²) in [6, 6.07) is 18.9. The Hall–Kier alpha value is -3.52. The number of aromatic nitrogens is 3. The van der Waals surface area contributed by atoms with Gasteiger partial charge in [-0.3, -0.25) is 4.57 Å². The molecule has 0 unspecified atom stereocenters. The molecule has 1 N–H and O–H groups in total. The van der Waals surface area contributed by atoms with Crippen LogP contribution in [0, 0.1) is 18.3 Å². The molecule has 0 aliphatic heterocycles. The smallest absolute Gasteiger partial charge is 0.158 e. The lowest BCUT2D eigenvalue weighted by molar-refractivity contribution is 0.475. The Balaban J connectivity index is 2.17. The zero-order chi connectivity index (χ0) is 16.7. The van der Waals surface area contributed by atoms with Crippen molar-refractivity contribution in [2.24, 2.45) is 0 Å². The van der Waals surface area contributed by atoms with E-state index < -0.39 is 0 Å². The van der Waals surface area contributed by atoms with E-state index in [0.717, 1.165) is 22.3 Å². The number of fused-ring (bicyclic) bond motifs is 1. The Kier molecular flexibility index (Phi) is 3.10. The molecular weight excluding hydrogens is 300 g/mol. The van der Waals surface area contributed by atoms with E-state index >= 15 is 0 Å². The number of aromatic hydroxyl groups is 1. The SMILES string of the molecule is Cc1ccnn1-c1c(C#N)c2ccccc2n1-c1ccc(O)cc1. The molecule has 0 amide bonds. The number of hydrogen-bond donors (Lipinski definition) is 1. The number of hydrogen-bond acceptors (Lipinski definition) is 3. The van der Waals surface area contributed by atoms with E-state index in [9.17, 15) is 10.4 Å². The standard InChI is InChI=1S/C19H14N4O/c1-13-10-11-21-23(13)19-17(12-20)16-4-2-3-5-18(16)22(19)14-6-8-15(24)9-7-14/h2-11,24H,1H3. The molecule has 0 atom stereocenters. The van der Waals surface area contributed by atoms with Gasteiger partial charge >= 0.3 is 0 Å². The summed E-state index contributed by atoms with van der Waals surface area (Å²) < 4.78 is 3.76. The highest BCUT2D eigenvalue weighted by atomic mass is 16.3. The molecule has 2 heterocycles. The maximum absolute atomic E-state index is 9.77. The number of rotatable bonds is 2. The van der Waals surface area contributed by atoms with Crippen LogP contribution in [0.2, 0.25) is 0 Å². The van der Waals surface area contributed by atoms with E-state index in [-0.39, 0.29) is 5.75 Å². The largest absolute Gasteiger partial charge is 0.508 e. The first-order valence-electron chi connectivity index (χ1n) is 7.54. The van der Waals surface area contributed by atoms with Gasteiger partial charge in [-0.05, 0) is 43.3 Å². The van der Waals surface area contributed by atoms with Gasteiger partial charge in [-0.15, -0.1) is 0 Å². The molecule has 0 saturated heterocycles. The molecule has 0 fully saturated rings. The number of phenols is 1. The summed E-state index contributed by atoms with van der Waals surface area (Å²) in [6.07, 6.45) is 1.72. The molecule has 24 heavy (non-hydrogen) atoms. The molecule has 0 bridgehead atoms. The minimum atomic E-state index is 0.201. The second kappa shape index (κ2) is 5.28. The van der Waals surface area contributed by atoms with Gasteiger partial charge in [0.1, 0.15) is 17.4 Å². The normalized spacial score (nSPS) is 10.8. The van der Waals surface area contributed by atoms with Crippen LogP contribution in [-0.4, -0.2) is 19.5 Å². The van der Waals surface area contributed by atoms with Gasteiger partial charge in [-0.25, -0.2) is 4.68 Å². The van der Waals surface area contributed by atoms with Crippen LogP contribution in [0.1, 0.15) is 11.3 Å². The van der Waals surface area contributed by atoms with Gasteiger partial charge in [0.25, 0.3) is 0 Å². The van der Waals surface area contributed by atoms with Crippen LogP contribution in [0.3, 0.4) is 0 Å². The third-order valence-corrected chi connectivity index (χ3v) is 4.10. The fourth-order valence-corrected chi connectivity index (χ4v) is 2.99. The Bertz CT molecular complexity index is 1080. The Morgan fingerprint density at radius 2 is 1.79 bits per heavy atom. The van der Waals surface area contributed by atoms with E-state index in [0.29, 0.717) is 11.4 Å². The summed E-state index contributed by atoms with van der Waals surface area (Å²) in [7, 11) is 0. The van der Waals surface area contributed by atoms with Crippen molar-refractivity contribution in [3.63, 3.8) is 0 Å². The van der Waals surface area contributed by atoms with Crippen molar-refractivity contribution < 1.29 is 5.11 Å². The van der Waals surface area contributed by atoms with Crippen molar-refractivity contribution in [3.05, 3.63) is 72.1 Å². The molecule has 0 saturated carbocycles. The highest BCUT2D eigenvalue weighted by Crippen LogP contribution is 2.32. The minimum Gasteiger partial charge on any atom is -0.508 e. The molecule has 0 aliphatic carbocycles. The number of benzene rings is 2. The summed E-state index contributed by atoms with van der Waals surface area (Å²) in [5, 5.41) is 24.6. The third kappa shape index (κ3) is 1.97. The highest BCUT2D eigenvalue weighted by molar-refractivity contribution is 5.92. The Labute approximate surface area is 138 Å². The average molecular weight is 314 g/mol. The maximum Gasteiger partial charge on any atom is 0.158 e. The second-order valence-electron chi connectivity index (χ2n) is 5.56. The van der Waals surface area contributed by atoms with Crippen molar-refractivity contribution in [1.29, 1.82) is 5.26 Å². The fourth-order valence-electron chi connectivity index (χ4n) is 2.99. The number of para-hydroxylation sites is 1. The molecule has 116 valence electrons. The van der Waals surface area contributed by atoms with E-state index in [1.165, 1.54) is 0 Å². The van der Waals surface area contributed by atoms with Crippen LogP contribution >= 0.6 is 0 Å². The molecule has 0 radical (unpaired) electrons. The number of nitrogens with zero attached hydrogens (tertiary/aromatic N) is 4. The topological polar surface area (TPSA) is 66.8 Å². The molecule has 5 heteroatoms. The summed E-state index contributed by atoms with van der Waals surface area (Å²) in [4.78, 5) is 0. The third-order valence-electron chi connectivity index (χ3n) is 4.10. The molecule has 2 aromatic carbocycles. The first-order valence-corrected chi connectivity index (χ1v) is 7.54. The van der Waals surface area contributed by atoms with Crippen LogP contribution in [0.5, 0.6) is 5.75 Å². The molecule has 0 spiro atoms. The lowest BCUT2D eigenvalue weighted by Gasteiger charge is -2.12. The van der Waals surface area contributed by atoms with Gasteiger partial charge in [0.2, 0.25) is 0 Å². The molecule has 4 aromatic rings. The van der Waals surface area contributed by atoms with Crippen LogP contribution in [0.4, 0.5) is 0 Å². The summed E-state index contributed by atoms with van der Waals surface area (Å²) in [5.74, 6) is 0.902. The quantitative estimate of drug-likeness (QED) is 0.613. The van der Waals surface area contributed by atoms with Crippen LogP contribution in [0.15, 0.2) is 60.8 Å². The van der Waals surface area contributed by atoms with Crippen molar-refractivity contribution in [3.8, 4) is 23.3 Å². The van der Waals surface area contributed by atoms with Gasteiger partial charge in [-0.1, -0.05) is 18.2 Å². The van der Waals surface area contributed by atoms with Crippen LogP contribution in [0.25, 0.3) is 22.4 Å². The summed E-state index contributed by atoms with van der Waals surface area (Å²) in [6.45, 7) is 1.95.